The number of nitrogens with zero attached hydrogens (tertiary/aromatic N) is 1. The summed E-state index contributed by atoms with van der Waals surface area (Å²) in [5.41, 5.74) is 6.83. The fourth-order valence-corrected chi connectivity index (χ4v) is 2.36. The van der Waals surface area contributed by atoms with E-state index >= 15 is 0 Å². The molecule has 1 aromatic rings. The van der Waals surface area contributed by atoms with Crippen LogP contribution in [0.1, 0.15) is 39.3 Å². The Labute approximate surface area is 129 Å². The van der Waals surface area contributed by atoms with Crippen LogP contribution < -0.4 is 10.5 Å². The van der Waals surface area contributed by atoms with E-state index in [1.54, 1.807) is 11.8 Å². The topological polar surface area (TPSA) is 55.6 Å². The molecule has 5 heteroatoms. The molecule has 1 rings (SSSR count). The van der Waals surface area contributed by atoms with Gasteiger partial charge in [0.15, 0.2) is 6.10 Å². The maximum absolute atomic E-state index is 12.2. The molecule has 0 aliphatic carbocycles. The number of carbonyl (C=O) groups excluding carboxylic acids is 1. The van der Waals surface area contributed by atoms with Gasteiger partial charge in [-0.2, -0.15) is 0 Å². The van der Waals surface area contributed by atoms with E-state index in [9.17, 15) is 4.79 Å². The van der Waals surface area contributed by atoms with Crippen molar-refractivity contribution < 1.29 is 9.53 Å². The van der Waals surface area contributed by atoms with Crippen LogP contribution in [-0.2, 0) is 4.79 Å². The molecule has 0 aromatic heterocycles. The summed E-state index contributed by atoms with van der Waals surface area (Å²) in [5.74, 6) is 0.646. The summed E-state index contributed by atoms with van der Waals surface area (Å²) in [7, 11) is 0. The normalized spacial score (nSPS) is 13.7. The number of halogens is 1. The monoisotopic (exact) mass is 342 g/mol. The van der Waals surface area contributed by atoms with E-state index < -0.39 is 6.10 Å². The van der Waals surface area contributed by atoms with Gasteiger partial charge in [0.25, 0.3) is 5.91 Å². The van der Waals surface area contributed by atoms with Gasteiger partial charge < -0.3 is 15.4 Å². The molecule has 0 fully saturated rings. The molecule has 4 nitrogen and oxygen atoms in total. The Morgan fingerprint density at radius 3 is 2.45 bits per heavy atom. The van der Waals surface area contributed by atoms with Gasteiger partial charge in [0, 0.05) is 29.2 Å². The number of likely N-dealkylation sites (N-methyl/N-ethyl adjacent to an activating group) is 1. The first kappa shape index (κ1) is 17.0. The molecule has 0 saturated heterocycles. The van der Waals surface area contributed by atoms with Crippen LogP contribution in [0.15, 0.2) is 22.7 Å². The fourth-order valence-electron chi connectivity index (χ4n) is 2.02. The first-order valence-electron chi connectivity index (χ1n) is 6.91. The van der Waals surface area contributed by atoms with Gasteiger partial charge in [0.1, 0.15) is 5.75 Å². The number of benzene rings is 1. The summed E-state index contributed by atoms with van der Waals surface area (Å²) in [6.07, 6.45) is -0.526. The van der Waals surface area contributed by atoms with E-state index in [0.717, 1.165) is 10.0 Å². The summed E-state index contributed by atoms with van der Waals surface area (Å²) in [6, 6.07) is 5.54. The molecule has 0 radical (unpaired) electrons. The van der Waals surface area contributed by atoms with E-state index in [1.165, 1.54) is 0 Å². The van der Waals surface area contributed by atoms with Crippen molar-refractivity contribution in [1.82, 2.24) is 4.90 Å². The maximum Gasteiger partial charge on any atom is 0.263 e. The SMILES string of the molecule is CCN(CC)C(=O)C(C)Oc1cc(Br)ccc1[C@H](C)N. The standard InChI is InChI=1S/C15H23BrN2O2/c1-5-18(6-2)15(19)11(4)20-14-9-12(16)7-8-13(14)10(3)17/h7-11H,5-6,17H2,1-4H3/t10-,11?/m0/s1. The summed E-state index contributed by atoms with van der Waals surface area (Å²) < 4.78 is 6.74. The highest BCUT2D eigenvalue weighted by Gasteiger charge is 2.21. The second-order valence-electron chi connectivity index (χ2n) is 4.74. The van der Waals surface area contributed by atoms with Crippen LogP contribution in [-0.4, -0.2) is 30.0 Å². The molecule has 0 aliphatic rings. The van der Waals surface area contributed by atoms with Crippen LogP contribution in [0.2, 0.25) is 0 Å². The van der Waals surface area contributed by atoms with Gasteiger partial charge in [-0.1, -0.05) is 22.0 Å². The minimum atomic E-state index is -0.526. The second kappa shape index (κ2) is 7.64. The summed E-state index contributed by atoms with van der Waals surface area (Å²) in [6.45, 7) is 8.95. The third-order valence-corrected chi connectivity index (χ3v) is 3.69. The highest BCUT2D eigenvalue weighted by atomic mass is 79.9. The van der Waals surface area contributed by atoms with Gasteiger partial charge >= 0.3 is 0 Å². The molecule has 0 heterocycles. The number of hydrogen-bond acceptors (Lipinski definition) is 3. The molecular formula is C15H23BrN2O2. The lowest BCUT2D eigenvalue weighted by Gasteiger charge is -2.24. The molecule has 1 unspecified atom stereocenters. The van der Waals surface area contributed by atoms with Crippen molar-refractivity contribution in [3.05, 3.63) is 28.2 Å². The number of rotatable bonds is 6. The molecule has 0 bridgehead atoms. The average molecular weight is 343 g/mol. The maximum atomic E-state index is 12.2. The summed E-state index contributed by atoms with van der Waals surface area (Å²) in [4.78, 5) is 14.0. The fraction of sp³-hybridized carbons (Fsp3) is 0.533. The zero-order chi connectivity index (χ0) is 15.3. The minimum absolute atomic E-state index is 0.00870. The predicted octanol–water partition coefficient (Wildman–Crippen LogP) is 3.10. The van der Waals surface area contributed by atoms with Gasteiger partial charge in [-0.3, -0.25) is 4.79 Å². The van der Waals surface area contributed by atoms with E-state index in [2.05, 4.69) is 15.9 Å². The Balaban J connectivity index is 2.92. The molecule has 0 saturated carbocycles. The average Bonchev–Trinajstić information content (AvgIpc) is 2.39. The molecule has 1 amide bonds. The molecule has 1 aromatic carbocycles. The lowest BCUT2D eigenvalue weighted by Crippen LogP contribution is -2.40. The third kappa shape index (κ3) is 4.21. The molecule has 0 spiro atoms. The quantitative estimate of drug-likeness (QED) is 0.864. The lowest BCUT2D eigenvalue weighted by molar-refractivity contribution is -0.137. The van der Waals surface area contributed by atoms with Crippen LogP contribution in [0.25, 0.3) is 0 Å². The Morgan fingerprint density at radius 1 is 1.35 bits per heavy atom. The highest BCUT2D eigenvalue weighted by Crippen LogP contribution is 2.28. The van der Waals surface area contributed by atoms with Gasteiger partial charge in [-0.05, 0) is 39.8 Å². The van der Waals surface area contributed by atoms with Crippen molar-refractivity contribution in [2.24, 2.45) is 5.73 Å². The Kier molecular flexibility index (Phi) is 6.49. The molecule has 2 N–H and O–H groups in total. The minimum Gasteiger partial charge on any atom is -0.481 e. The number of carbonyl (C=O) groups is 1. The number of ether oxygens (including phenoxy) is 1. The van der Waals surface area contributed by atoms with Crippen molar-refractivity contribution in [1.29, 1.82) is 0 Å². The third-order valence-electron chi connectivity index (χ3n) is 3.19. The predicted molar refractivity (Wildman–Crippen MR) is 84.8 cm³/mol. The molecule has 112 valence electrons. The van der Waals surface area contributed by atoms with Crippen LogP contribution in [0, 0.1) is 0 Å². The first-order chi connectivity index (χ1) is 9.40. The Bertz CT molecular complexity index is 459. The molecule has 20 heavy (non-hydrogen) atoms. The van der Waals surface area contributed by atoms with E-state index in [0.29, 0.717) is 18.8 Å². The van der Waals surface area contributed by atoms with Crippen molar-refractivity contribution in [3.8, 4) is 5.75 Å². The van der Waals surface area contributed by atoms with E-state index in [1.807, 2.05) is 39.0 Å². The second-order valence-corrected chi connectivity index (χ2v) is 5.66. The zero-order valence-corrected chi connectivity index (χ0v) is 14.1. The van der Waals surface area contributed by atoms with Crippen LogP contribution in [0.3, 0.4) is 0 Å². The summed E-state index contributed by atoms with van der Waals surface area (Å²) >= 11 is 3.41. The van der Waals surface area contributed by atoms with Crippen molar-refractivity contribution in [2.75, 3.05) is 13.1 Å². The first-order valence-corrected chi connectivity index (χ1v) is 7.70. The number of hydrogen-bond donors (Lipinski definition) is 1. The smallest absolute Gasteiger partial charge is 0.263 e. The van der Waals surface area contributed by atoms with E-state index in [-0.39, 0.29) is 11.9 Å². The number of nitrogens with two attached hydrogens (primary N) is 1. The largest absolute Gasteiger partial charge is 0.481 e. The van der Waals surface area contributed by atoms with Crippen molar-refractivity contribution >= 4 is 21.8 Å². The van der Waals surface area contributed by atoms with Crippen LogP contribution in [0.5, 0.6) is 5.75 Å². The van der Waals surface area contributed by atoms with E-state index in [4.69, 9.17) is 10.5 Å². The van der Waals surface area contributed by atoms with Gasteiger partial charge in [0.05, 0.1) is 0 Å². The molecule has 2 atom stereocenters. The van der Waals surface area contributed by atoms with Crippen LogP contribution in [0.4, 0.5) is 0 Å². The van der Waals surface area contributed by atoms with Gasteiger partial charge in [0.2, 0.25) is 0 Å². The van der Waals surface area contributed by atoms with Crippen LogP contribution >= 0.6 is 15.9 Å². The summed E-state index contributed by atoms with van der Waals surface area (Å²) in [5, 5.41) is 0. The Hall–Kier alpha value is -1.07. The number of amides is 1. The van der Waals surface area contributed by atoms with Crippen molar-refractivity contribution in [3.63, 3.8) is 0 Å². The molecule has 0 aliphatic heterocycles. The Morgan fingerprint density at radius 2 is 1.95 bits per heavy atom. The molecular weight excluding hydrogens is 320 g/mol. The van der Waals surface area contributed by atoms with Crippen molar-refractivity contribution in [2.45, 2.75) is 39.8 Å². The van der Waals surface area contributed by atoms with Gasteiger partial charge in [-0.15, -0.1) is 0 Å². The lowest BCUT2D eigenvalue weighted by atomic mass is 10.1. The van der Waals surface area contributed by atoms with Gasteiger partial charge in [-0.25, -0.2) is 0 Å². The zero-order valence-electron chi connectivity index (χ0n) is 12.5. The highest BCUT2D eigenvalue weighted by molar-refractivity contribution is 9.10.